The molecule has 7 heteroatoms. The number of ether oxygens (including phenoxy) is 1. The third kappa shape index (κ3) is 4.69. The molecule has 2 heterocycles. The summed E-state index contributed by atoms with van der Waals surface area (Å²) in [6, 6.07) is 9.81. The number of hydrogen-bond donors (Lipinski definition) is 2. The van der Waals surface area contributed by atoms with Crippen molar-refractivity contribution in [2.24, 2.45) is 5.92 Å². The first-order valence-electron chi connectivity index (χ1n) is 9.45. The van der Waals surface area contributed by atoms with E-state index < -0.39 is 5.54 Å². The number of nitrogens with zero attached hydrogens (tertiary/aromatic N) is 2. The minimum Gasteiger partial charge on any atom is -0.376 e. The minimum atomic E-state index is -0.632. The van der Waals surface area contributed by atoms with E-state index in [9.17, 15) is 4.79 Å². The molecule has 0 atom stereocenters. The molecular formula is C20H27ClN4O2. The molecule has 2 N–H and O–H groups in total. The molecule has 4 rings (SSSR count). The van der Waals surface area contributed by atoms with Gasteiger partial charge in [0.2, 0.25) is 0 Å². The Balaban J connectivity index is 0.00000210. The monoisotopic (exact) mass is 390 g/mol. The number of carbonyl (C=O) groups is 1. The Hall–Kier alpha value is -1.89. The molecular weight excluding hydrogens is 364 g/mol. The number of benzene rings is 1. The van der Waals surface area contributed by atoms with Gasteiger partial charge in [0, 0.05) is 24.7 Å². The molecule has 2 fully saturated rings. The van der Waals surface area contributed by atoms with E-state index in [-0.39, 0.29) is 18.3 Å². The van der Waals surface area contributed by atoms with E-state index in [1.54, 1.807) is 6.20 Å². The highest BCUT2D eigenvalue weighted by atomic mass is 35.5. The second-order valence-corrected chi connectivity index (χ2v) is 7.35. The van der Waals surface area contributed by atoms with Crippen molar-refractivity contribution in [2.45, 2.75) is 37.8 Å². The number of amides is 1. The Bertz CT molecular complexity index is 740. The van der Waals surface area contributed by atoms with Crippen LogP contribution in [0.1, 0.15) is 31.2 Å². The van der Waals surface area contributed by atoms with Crippen molar-refractivity contribution in [1.29, 1.82) is 0 Å². The fourth-order valence-corrected chi connectivity index (χ4v) is 3.54. The van der Waals surface area contributed by atoms with Gasteiger partial charge in [-0.2, -0.15) is 5.10 Å². The summed E-state index contributed by atoms with van der Waals surface area (Å²) in [7, 11) is 0. The van der Waals surface area contributed by atoms with Crippen LogP contribution in [-0.2, 0) is 21.7 Å². The number of rotatable bonds is 7. The summed E-state index contributed by atoms with van der Waals surface area (Å²) in [5, 5.41) is 10.8. The van der Waals surface area contributed by atoms with Crippen molar-refractivity contribution in [3.8, 4) is 0 Å². The lowest BCUT2D eigenvalue weighted by Crippen LogP contribution is -2.52. The molecule has 0 radical (unpaired) electrons. The topological polar surface area (TPSA) is 68.2 Å². The van der Waals surface area contributed by atoms with Gasteiger partial charge in [-0.25, -0.2) is 0 Å². The maximum Gasteiger partial charge on any atom is 0.252 e. The summed E-state index contributed by atoms with van der Waals surface area (Å²) < 4.78 is 7.57. The number of aromatic nitrogens is 2. The highest BCUT2D eigenvalue weighted by molar-refractivity contribution is 5.96. The molecule has 1 aromatic heterocycles. The fourth-order valence-electron chi connectivity index (χ4n) is 3.54. The van der Waals surface area contributed by atoms with E-state index in [4.69, 9.17) is 4.74 Å². The number of halogens is 1. The van der Waals surface area contributed by atoms with Crippen molar-refractivity contribution in [1.82, 2.24) is 15.1 Å². The van der Waals surface area contributed by atoms with Crippen LogP contribution in [0, 0.1) is 5.92 Å². The van der Waals surface area contributed by atoms with Crippen LogP contribution in [0.2, 0.25) is 0 Å². The molecule has 2 aromatic rings. The highest BCUT2D eigenvalue weighted by Gasteiger charge is 2.42. The number of anilines is 1. The van der Waals surface area contributed by atoms with Crippen LogP contribution < -0.4 is 10.6 Å². The quantitative estimate of drug-likeness (QED) is 0.762. The molecule has 27 heavy (non-hydrogen) atoms. The van der Waals surface area contributed by atoms with Gasteiger partial charge in [-0.3, -0.25) is 9.48 Å². The summed E-state index contributed by atoms with van der Waals surface area (Å²) in [6.07, 6.45) is 7.65. The smallest absolute Gasteiger partial charge is 0.252 e. The Morgan fingerprint density at radius 1 is 1.30 bits per heavy atom. The van der Waals surface area contributed by atoms with E-state index in [0.717, 1.165) is 49.7 Å². The molecule has 0 bridgehead atoms. The number of nitrogens with one attached hydrogen (secondary N) is 2. The van der Waals surface area contributed by atoms with Gasteiger partial charge in [-0.05, 0) is 68.5 Å². The van der Waals surface area contributed by atoms with Crippen LogP contribution in [0.15, 0.2) is 42.7 Å². The fraction of sp³-hybridized carbons (Fsp3) is 0.500. The van der Waals surface area contributed by atoms with Gasteiger partial charge in [-0.1, -0.05) is 12.1 Å². The number of carbonyl (C=O) groups excluding carboxylic acids is 1. The molecule has 6 nitrogen and oxygen atoms in total. The molecule has 0 unspecified atom stereocenters. The van der Waals surface area contributed by atoms with Crippen molar-refractivity contribution in [3.05, 3.63) is 48.3 Å². The molecule has 1 aromatic carbocycles. The van der Waals surface area contributed by atoms with E-state index in [1.807, 2.05) is 41.2 Å². The minimum absolute atomic E-state index is 0. The Morgan fingerprint density at radius 3 is 2.81 bits per heavy atom. The lowest BCUT2D eigenvalue weighted by Gasteiger charge is -2.36. The predicted molar refractivity (Wildman–Crippen MR) is 107 cm³/mol. The summed E-state index contributed by atoms with van der Waals surface area (Å²) in [4.78, 5) is 13.2. The number of hydrogen-bond acceptors (Lipinski definition) is 4. The second-order valence-electron chi connectivity index (χ2n) is 7.35. The van der Waals surface area contributed by atoms with Gasteiger partial charge in [0.15, 0.2) is 0 Å². The van der Waals surface area contributed by atoms with Crippen LogP contribution in [0.5, 0.6) is 0 Å². The van der Waals surface area contributed by atoms with E-state index in [0.29, 0.717) is 6.61 Å². The first kappa shape index (κ1) is 19.9. The third-order valence-corrected chi connectivity index (χ3v) is 5.30. The van der Waals surface area contributed by atoms with E-state index in [2.05, 4.69) is 15.7 Å². The summed E-state index contributed by atoms with van der Waals surface area (Å²) in [5.74, 6) is 0.755. The molecule has 1 amide bonds. The van der Waals surface area contributed by atoms with Crippen LogP contribution >= 0.6 is 12.4 Å². The van der Waals surface area contributed by atoms with Crippen molar-refractivity contribution in [3.63, 3.8) is 0 Å². The maximum atomic E-state index is 13.2. The Morgan fingerprint density at radius 2 is 2.11 bits per heavy atom. The first-order chi connectivity index (χ1) is 12.8. The zero-order valence-electron chi connectivity index (χ0n) is 15.4. The Kier molecular flexibility index (Phi) is 6.52. The lowest BCUT2D eigenvalue weighted by molar-refractivity contribution is -0.126. The normalized spacial score (nSPS) is 18.5. The van der Waals surface area contributed by atoms with Gasteiger partial charge in [0.25, 0.3) is 5.91 Å². The molecule has 1 aliphatic heterocycles. The van der Waals surface area contributed by atoms with Crippen LogP contribution in [-0.4, -0.2) is 35.4 Å². The second kappa shape index (κ2) is 8.87. The van der Waals surface area contributed by atoms with Crippen molar-refractivity contribution < 1.29 is 9.53 Å². The zero-order valence-corrected chi connectivity index (χ0v) is 16.2. The molecule has 1 saturated carbocycles. The van der Waals surface area contributed by atoms with Crippen LogP contribution in [0.3, 0.4) is 0 Å². The molecule has 0 spiro atoms. The molecule has 1 aliphatic carbocycles. The zero-order chi connectivity index (χ0) is 17.8. The highest BCUT2D eigenvalue weighted by Crippen LogP contribution is 2.30. The van der Waals surface area contributed by atoms with Crippen molar-refractivity contribution in [2.75, 3.05) is 25.0 Å². The SMILES string of the molecule is Cl.O=C(Nc1cccc(COCC2CC2)c1)C1(n2cccn2)CCNCC1. The van der Waals surface area contributed by atoms with Crippen LogP contribution in [0.25, 0.3) is 0 Å². The van der Waals surface area contributed by atoms with Gasteiger partial charge in [0.1, 0.15) is 5.54 Å². The van der Waals surface area contributed by atoms with Gasteiger partial charge >= 0.3 is 0 Å². The average Bonchev–Trinajstić information content (AvgIpc) is 3.32. The van der Waals surface area contributed by atoms with Gasteiger partial charge in [-0.15, -0.1) is 12.4 Å². The van der Waals surface area contributed by atoms with E-state index in [1.165, 1.54) is 12.8 Å². The summed E-state index contributed by atoms with van der Waals surface area (Å²) in [5.41, 5.74) is 1.27. The number of piperidine rings is 1. The molecule has 1 saturated heterocycles. The first-order valence-corrected chi connectivity index (χ1v) is 9.45. The lowest BCUT2D eigenvalue weighted by atomic mass is 9.87. The standard InChI is InChI=1S/C20H26N4O2.ClH/c25-19(20(7-10-21-11-8-20)24-12-2-9-22-24)23-18-4-1-3-17(13-18)15-26-14-16-5-6-16;/h1-4,9,12-13,16,21H,5-8,10-11,14-15H2,(H,23,25);1H. The van der Waals surface area contributed by atoms with Crippen molar-refractivity contribution >= 4 is 24.0 Å². The summed E-state index contributed by atoms with van der Waals surface area (Å²) >= 11 is 0. The maximum absolute atomic E-state index is 13.2. The Labute approximate surface area is 166 Å². The van der Waals surface area contributed by atoms with E-state index >= 15 is 0 Å². The molecule has 2 aliphatic rings. The summed E-state index contributed by atoms with van der Waals surface area (Å²) in [6.45, 7) is 3.05. The largest absolute Gasteiger partial charge is 0.376 e. The van der Waals surface area contributed by atoms with Gasteiger partial charge < -0.3 is 15.4 Å². The van der Waals surface area contributed by atoms with Crippen LogP contribution in [0.4, 0.5) is 5.69 Å². The third-order valence-electron chi connectivity index (χ3n) is 5.30. The van der Waals surface area contributed by atoms with Gasteiger partial charge in [0.05, 0.1) is 6.61 Å². The average molecular weight is 391 g/mol. The predicted octanol–water partition coefficient (Wildman–Crippen LogP) is 2.95. The molecule has 146 valence electrons.